The van der Waals surface area contributed by atoms with E-state index < -0.39 is 6.10 Å². The van der Waals surface area contributed by atoms with Gasteiger partial charge >= 0.3 is 0 Å². The average Bonchev–Trinajstić information content (AvgIpc) is 2.39. The van der Waals surface area contributed by atoms with Gasteiger partial charge in [0.25, 0.3) is 0 Å². The van der Waals surface area contributed by atoms with Gasteiger partial charge in [0.05, 0.1) is 37.0 Å². The lowest BCUT2D eigenvalue weighted by Gasteiger charge is -2.29. The molecular weight excluding hydrogens is 288 g/mol. The molecule has 90 valence electrons. The van der Waals surface area contributed by atoms with E-state index in [1.54, 1.807) is 13.3 Å². The SMILES string of the molecule is COc1nc(N2CCOC(C#N)C2)ncc1Br. The van der Waals surface area contributed by atoms with Crippen LogP contribution >= 0.6 is 15.9 Å². The summed E-state index contributed by atoms with van der Waals surface area (Å²) in [5, 5.41) is 8.83. The summed E-state index contributed by atoms with van der Waals surface area (Å²) in [5.41, 5.74) is 0. The first-order valence-corrected chi connectivity index (χ1v) is 5.86. The Balaban J connectivity index is 2.19. The van der Waals surface area contributed by atoms with E-state index >= 15 is 0 Å². The maximum Gasteiger partial charge on any atom is 0.232 e. The van der Waals surface area contributed by atoms with Crippen molar-refractivity contribution in [3.8, 4) is 11.9 Å². The van der Waals surface area contributed by atoms with E-state index in [1.165, 1.54) is 0 Å². The Labute approximate surface area is 107 Å². The Morgan fingerprint density at radius 2 is 2.53 bits per heavy atom. The highest BCUT2D eigenvalue weighted by Gasteiger charge is 2.22. The molecule has 0 N–H and O–H groups in total. The van der Waals surface area contributed by atoms with Gasteiger partial charge in [0.2, 0.25) is 11.8 Å². The van der Waals surface area contributed by atoms with Crippen LogP contribution in [0.5, 0.6) is 5.88 Å². The maximum absolute atomic E-state index is 8.83. The van der Waals surface area contributed by atoms with Crippen LogP contribution in [0.25, 0.3) is 0 Å². The van der Waals surface area contributed by atoms with Gasteiger partial charge in [-0.05, 0) is 15.9 Å². The molecule has 0 aromatic carbocycles. The molecule has 2 heterocycles. The number of hydrogen-bond donors (Lipinski definition) is 0. The maximum atomic E-state index is 8.83. The van der Waals surface area contributed by atoms with E-state index in [0.29, 0.717) is 36.0 Å². The number of ether oxygens (including phenoxy) is 2. The summed E-state index contributed by atoms with van der Waals surface area (Å²) in [6.45, 7) is 1.64. The summed E-state index contributed by atoms with van der Waals surface area (Å²) >= 11 is 3.29. The Morgan fingerprint density at radius 3 is 3.24 bits per heavy atom. The van der Waals surface area contributed by atoms with E-state index in [-0.39, 0.29) is 0 Å². The van der Waals surface area contributed by atoms with Gasteiger partial charge in [-0.2, -0.15) is 10.2 Å². The van der Waals surface area contributed by atoms with Gasteiger partial charge in [0, 0.05) is 6.54 Å². The highest BCUT2D eigenvalue weighted by atomic mass is 79.9. The lowest BCUT2D eigenvalue weighted by Crippen LogP contribution is -2.42. The van der Waals surface area contributed by atoms with Crippen LogP contribution in [0.1, 0.15) is 0 Å². The molecule has 1 atom stereocenters. The highest BCUT2D eigenvalue weighted by Crippen LogP contribution is 2.24. The number of anilines is 1. The average molecular weight is 299 g/mol. The monoisotopic (exact) mass is 298 g/mol. The van der Waals surface area contributed by atoms with Crippen LogP contribution in [0.4, 0.5) is 5.95 Å². The summed E-state index contributed by atoms with van der Waals surface area (Å²) < 4.78 is 11.1. The minimum absolute atomic E-state index is 0.429. The van der Waals surface area contributed by atoms with Gasteiger partial charge < -0.3 is 14.4 Å². The molecule has 0 radical (unpaired) electrons. The molecule has 1 saturated heterocycles. The van der Waals surface area contributed by atoms with E-state index in [9.17, 15) is 0 Å². The lowest BCUT2D eigenvalue weighted by atomic mass is 10.3. The van der Waals surface area contributed by atoms with Crippen molar-refractivity contribution in [3.05, 3.63) is 10.7 Å². The van der Waals surface area contributed by atoms with Gasteiger partial charge in [0.15, 0.2) is 6.10 Å². The highest BCUT2D eigenvalue weighted by molar-refractivity contribution is 9.10. The summed E-state index contributed by atoms with van der Waals surface area (Å²) in [7, 11) is 1.55. The van der Waals surface area contributed by atoms with E-state index in [1.807, 2.05) is 4.90 Å². The molecule has 1 aliphatic rings. The van der Waals surface area contributed by atoms with Crippen molar-refractivity contribution in [2.45, 2.75) is 6.10 Å². The van der Waals surface area contributed by atoms with Crippen LogP contribution in [0.2, 0.25) is 0 Å². The third kappa shape index (κ3) is 2.65. The molecule has 0 aliphatic carbocycles. The number of nitrogens with zero attached hydrogens (tertiary/aromatic N) is 4. The van der Waals surface area contributed by atoms with Crippen LogP contribution in [0.15, 0.2) is 10.7 Å². The number of nitriles is 1. The fourth-order valence-electron chi connectivity index (χ4n) is 1.55. The summed E-state index contributed by atoms with van der Waals surface area (Å²) in [6.07, 6.45) is 1.21. The molecule has 1 aromatic heterocycles. The summed E-state index contributed by atoms with van der Waals surface area (Å²) in [6, 6.07) is 2.08. The molecule has 1 unspecified atom stereocenters. The normalized spacial score (nSPS) is 19.8. The van der Waals surface area contributed by atoms with Gasteiger partial charge in [-0.3, -0.25) is 0 Å². The molecule has 17 heavy (non-hydrogen) atoms. The standard InChI is InChI=1S/C10H11BrN4O2/c1-16-9-8(11)5-13-10(14-9)15-2-3-17-7(4-12)6-15/h5,7H,2-3,6H2,1H3. The predicted molar refractivity (Wildman–Crippen MR) is 63.9 cm³/mol. The molecule has 1 aliphatic heterocycles. The number of aromatic nitrogens is 2. The molecular formula is C10H11BrN4O2. The third-order valence-corrected chi connectivity index (χ3v) is 2.93. The van der Waals surface area contributed by atoms with Crippen molar-refractivity contribution in [2.75, 3.05) is 31.7 Å². The topological polar surface area (TPSA) is 71.3 Å². The largest absolute Gasteiger partial charge is 0.480 e. The Kier molecular flexibility index (Phi) is 3.76. The second-order valence-corrected chi connectivity index (χ2v) is 4.32. The smallest absolute Gasteiger partial charge is 0.232 e. The Bertz CT molecular complexity index is 448. The number of halogens is 1. The van der Waals surface area contributed by atoms with Gasteiger partial charge in [-0.15, -0.1) is 0 Å². The van der Waals surface area contributed by atoms with Crippen LogP contribution in [0.3, 0.4) is 0 Å². The first-order chi connectivity index (χ1) is 8.24. The minimum atomic E-state index is -0.429. The van der Waals surface area contributed by atoms with Crippen molar-refractivity contribution in [1.82, 2.24) is 9.97 Å². The van der Waals surface area contributed by atoms with Crippen molar-refractivity contribution in [1.29, 1.82) is 5.26 Å². The number of methoxy groups -OCH3 is 1. The van der Waals surface area contributed by atoms with Crippen LogP contribution in [0, 0.1) is 11.3 Å². The zero-order valence-electron chi connectivity index (χ0n) is 9.26. The second kappa shape index (κ2) is 5.29. The zero-order chi connectivity index (χ0) is 12.3. The lowest BCUT2D eigenvalue weighted by molar-refractivity contribution is 0.0757. The van der Waals surface area contributed by atoms with Crippen molar-refractivity contribution >= 4 is 21.9 Å². The fourth-order valence-corrected chi connectivity index (χ4v) is 1.90. The fraction of sp³-hybridized carbons (Fsp3) is 0.500. The van der Waals surface area contributed by atoms with Gasteiger partial charge in [-0.1, -0.05) is 0 Å². The molecule has 0 saturated carbocycles. The third-order valence-electron chi connectivity index (χ3n) is 2.39. The summed E-state index contributed by atoms with van der Waals surface area (Å²) in [5.74, 6) is 1.03. The first kappa shape index (κ1) is 12.1. The number of hydrogen-bond acceptors (Lipinski definition) is 6. The predicted octanol–water partition coefficient (Wildman–Crippen LogP) is 0.976. The van der Waals surface area contributed by atoms with E-state index in [4.69, 9.17) is 14.7 Å². The van der Waals surface area contributed by atoms with Crippen molar-refractivity contribution in [3.63, 3.8) is 0 Å². The Morgan fingerprint density at radius 1 is 1.71 bits per heavy atom. The van der Waals surface area contributed by atoms with Crippen molar-refractivity contribution in [2.24, 2.45) is 0 Å². The minimum Gasteiger partial charge on any atom is -0.480 e. The molecule has 2 rings (SSSR count). The first-order valence-electron chi connectivity index (χ1n) is 5.07. The van der Waals surface area contributed by atoms with Crippen LogP contribution in [-0.2, 0) is 4.74 Å². The van der Waals surface area contributed by atoms with Crippen LogP contribution in [-0.4, -0.2) is 42.9 Å². The second-order valence-electron chi connectivity index (χ2n) is 3.46. The molecule has 7 heteroatoms. The number of morpholine rings is 1. The molecule has 6 nitrogen and oxygen atoms in total. The molecule has 0 spiro atoms. The zero-order valence-corrected chi connectivity index (χ0v) is 10.8. The molecule has 0 bridgehead atoms. The Hall–Kier alpha value is -1.39. The van der Waals surface area contributed by atoms with Crippen LogP contribution < -0.4 is 9.64 Å². The summed E-state index contributed by atoms with van der Waals surface area (Å²) in [4.78, 5) is 10.4. The molecule has 1 aromatic rings. The molecule has 0 amide bonds. The molecule has 1 fully saturated rings. The van der Waals surface area contributed by atoms with E-state index in [0.717, 1.165) is 0 Å². The number of rotatable bonds is 2. The quantitative estimate of drug-likeness (QED) is 0.810. The van der Waals surface area contributed by atoms with E-state index in [2.05, 4.69) is 32.0 Å². The van der Waals surface area contributed by atoms with Gasteiger partial charge in [0.1, 0.15) is 0 Å². The van der Waals surface area contributed by atoms with Crippen molar-refractivity contribution < 1.29 is 9.47 Å². The van der Waals surface area contributed by atoms with Gasteiger partial charge in [-0.25, -0.2) is 4.98 Å².